The molecule has 2 heterocycles. The number of ether oxygens (including phenoxy) is 1. The van der Waals surface area contributed by atoms with Crippen LogP contribution >= 0.6 is 0 Å². The molecule has 6 nitrogen and oxygen atoms in total. The molecule has 0 unspecified atom stereocenters. The fourth-order valence-electron chi connectivity index (χ4n) is 3.00. The molecule has 0 aromatic carbocycles. The van der Waals surface area contributed by atoms with E-state index in [0.717, 1.165) is 0 Å². The van der Waals surface area contributed by atoms with Crippen molar-refractivity contribution in [2.24, 2.45) is 13.0 Å². The number of aromatic nitrogens is 1. The van der Waals surface area contributed by atoms with Crippen molar-refractivity contribution < 1.29 is 27.5 Å². The Hall–Kier alpha value is -2.32. The largest absolute Gasteiger partial charge is 0.471 e. The predicted octanol–water partition coefficient (Wildman–Crippen LogP) is 1.44. The topological polar surface area (TPSA) is 68.6 Å². The SMILES string of the molecule is CCOC(=O)[C@@H]1CN(C(=O)C(F)(F)F)CC[C@@H]1c1ccn(C)c(=O)c1. The van der Waals surface area contributed by atoms with Crippen LogP contribution in [0, 0.1) is 5.92 Å². The third-order valence-corrected chi connectivity index (χ3v) is 4.29. The molecule has 0 saturated carbocycles. The first kappa shape index (κ1) is 19.0. The van der Waals surface area contributed by atoms with Gasteiger partial charge in [-0.3, -0.25) is 14.4 Å². The first-order valence-electron chi connectivity index (χ1n) is 7.84. The number of alkyl halides is 3. The second kappa shape index (κ2) is 7.28. The maximum absolute atomic E-state index is 12.7. The molecule has 2 atom stereocenters. The predicted molar refractivity (Wildman–Crippen MR) is 81.8 cm³/mol. The van der Waals surface area contributed by atoms with E-state index in [1.165, 1.54) is 16.8 Å². The number of hydrogen-bond donors (Lipinski definition) is 0. The van der Waals surface area contributed by atoms with Crippen molar-refractivity contribution in [1.82, 2.24) is 9.47 Å². The molecule has 2 rings (SSSR count). The highest BCUT2D eigenvalue weighted by Crippen LogP contribution is 2.35. The van der Waals surface area contributed by atoms with Crippen LogP contribution in [0.5, 0.6) is 0 Å². The number of halogens is 3. The second-order valence-electron chi connectivity index (χ2n) is 5.91. The summed E-state index contributed by atoms with van der Waals surface area (Å²) in [6, 6.07) is 3.01. The summed E-state index contributed by atoms with van der Waals surface area (Å²) in [5, 5.41) is 0. The van der Waals surface area contributed by atoms with Gasteiger partial charge < -0.3 is 14.2 Å². The molecule has 138 valence electrons. The third-order valence-electron chi connectivity index (χ3n) is 4.29. The fourth-order valence-corrected chi connectivity index (χ4v) is 3.00. The van der Waals surface area contributed by atoms with Gasteiger partial charge in [-0.05, 0) is 25.0 Å². The minimum Gasteiger partial charge on any atom is -0.466 e. The minimum absolute atomic E-state index is 0.0752. The van der Waals surface area contributed by atoms with Crippen molar-refractivity contribution in [3.63, 3.8) is 0 Å². The van der Waals surface area contributed by atoms with Gasteiger partial charge in [0.1, 0.15) is 0 Å². The molecular formula is C16H19F3N2O4. The highest BCUT2D eigenvalue weighted by Gasteiger charge is 2.46. The van der Waals surface area contributed by atoms with Gasteiger partial charge >= 0.3 is 18.1 Å². The van der Waals surface area contributed by atoms with Crippen LogP contribution in [0.2, 0.25) is 0 Å². The lowest BCUT2D eigenvalue weighted by molar-refractivity contribution is -0.188. The number of carbonyl (C=O) groups excluding carboxylic acids is 2. The number of rotatable bonds is 3. The zero-order valence-corrected chi connectivity index (χ0v) is 13.9. The molecule has 1 amide bonds. The van der Waals surface area contributed by atoms with Crippen LogP contribution in [0.4, 0.5) is 13.2 Å². The van der Waals surface area contributed by atoms with Crippen molar-refractivity contribution in [2.75, 3.05) is 19.7 Å². The third kappa shape index (κ3) is 4.21. The van der Waals surface area contributed by atoms with Crippen LogP contribution in [-0.2, 0) is 21.4 Å². The maximum Gasteiger partial charge on any atom is 0.471 e. The summed E-state index contributed by atoms with van der Waals surface area (Å²) >= 11 is 0. The number of likely N-dealkylation sites (tertiary alicyclic amines) is 1. The van der Waals surface area contributed by atoms with Crippen LogP contribution in [0.3, 0.4) is 0 Å². The molecule has 0 bridgehead atoms. The van der Waals surface area contributed by atoms with Crippen LogP contribution in [0.15, 0.2) is 23.1 Å². The molecule has 9 heteroatoms. The Morgan fingerprint density at radius 3 is 2.60 bits per heavy atom. The summed E-state index contributed by atoms with van der Waals surface area (Å²) in [4.78, 5) is 36.2. The van der Waals surface area contributed by atoms with Gasteiger partial charge in [0.2, 0.25) is 0 Å². The van der Waals surface area contributed by atoms with Gasteiger partial charge in [-0.2, -0.15) is 13.2 Å². The standard InChI is InChI=1S/C16H19F3N2O4/c1-3-25-14(23)12-9-21(15(24)16(17,18)19)7-5-11(12)10-4-6-20(2)13(22)8-10/h4,6,8,11-12H,3,5,7,9H2,1-2H3/t11-,12-/m1/s1. The summed E-state index contributed by atoms with van der Waals surface area (Å²) in [6.07, 6.45) is -3.32. The number of esters is 1. The van der Waals surface area contributed by atoms with Crippen LogP contribution in [-0.4, -0.2) is 47.2 Å². The molecule has 0 spiro atoms. The number of carbonyl (C=O) groups is 2. The number of pyridine rings is 1. The Balaban J connectivity index is 2.30. The average Bonchev–Trinajstić information content (AvgIpc) is 2.55. The van der Waals surface area contributed by atoms with Crippen molar-refractivity contribution in [1.29, 1.82) is 0 Å². The van der Waals surface area contributed by atoms with E-state index in [0.29, 0.717) is 10.5 Å². The monoisotopic (exact) mass is 360 g/mol. The lowest BCUT2D eigenvalue weighted by atomic mass is 9.80. The van der Waals surface area contributed by atoms with Gasteiger partial charge in [0.25, 0.3) is 5.56 Å². The van der Waals surface area contributed by atoms with E-state index in [4.69, 9.17) is 4.74 Å². The van der Waals surface area contributed by atoms with Crippen molar-refractivity contribution in [2.45, 2.75) is 25.4 Å². The van der Waals surface area contributed by atoms with Gasteiger partial charge in [-0.1, -0.05) is 0 Å². The van der Waals surface area contributed by atoms with Crippen molar-refractivity contribution in [3.05, 3.63) is 34.2 Å². The maximum atomic E-state index is 12.7. The Bertz CT molecular complexity index is 714. The van der Waals surface area contributed by atoms with Gasteiger partial charge in [-0.25, -0.2) is 0 Å². The van der Waals surface area contributed by atoms with Gasteiger partial charge in [-0.15, -0.1) is 0 Å². The number of amides is 1. The Morgan fingerprint density at radius 2 is 2.04 bits per heavy atom. The van der Waals surface area contributed by atoms with E-state index < -0.39 is 36.4 Å². The average molecular weight is 360 g/mol. The van der Waals surface area contributed by atoms with Gasteiger partial charge in [0.05, 0.1) is 12.5 Å². The Morgan fingerprint density at radius 1 is 1.36 bits per heavy atom. The molecule has 1 saturated heterocycles. The smallest absolute Gasteiger partial charge is 0.466 e. The first-order chi connectivity index (χ1) is 11.6. The number of aryl methyl sites for hydroxylation is 1. The van der Waals surface area contributed by atoms with E-state index >= 15 is 0 Å². The normalized spacial score (nSPS) is 21.1. The molecule has 0 aliphatic carbocycles. The number of nitrogens with zero attached hydrogens (tertiary/aromatic N) is 2. The summed E-state index contributed by atoms with van der Waals surface area (Å²) in [6.45, 7) is 1.13. The Kier molecular flexibility index (Phi) is 5.54. The first-order valence-corrected chi connectivity index (χ1v) is 7.84. The molecule has 1 aliphatic rings. The van der Waals surface area contributed by atoms with Gasteiger partial charge in [0, 0.05) is 38.3 Å². The highest BCUT2D eigenvalue weighted by molar-refractivity contribution is 5.83. The fraction of sp³-hybridized carbons (Fsp3) is 0.562. The number of hydrogen-bond acceptors (Lipinski definition) is 4. The lowest BCUT2D eigenvalue weighted by Gasteiger charge is -2.37. The number of piperidine rings is 1. The van der Waals surface area contributed by atoms with E-state index in [1.54, 1.807) is 20.0 Å². The molecular weight excluding hydrogens is 341 g/mol. The summed E-state index contributed by atoms with van der Waals surface area (Å²) in [7, 11) is 1.57. The molecule has 25 heavy (non-hydrogen) atoms. The van der Waals surface area contributed by atoms with Crippen molar-refractivity contribution in [3.8, 4) is 0 Å². The second-order valence-corrected chi connectivity index (χ2v) is 5.91. The van der Waals surface area contributed by atoms with E-state index in [1.807, 2.05) is 0 Å². The highest BCUT2D eigenvalue weighted by atomic mass is 19.4. The van der Waals surface area contributed by atoms with Crippen LogP contribution in [0.1, 0.15) is 24.8 Å². The van der Waals surface area contributed by atoms with Crippen molar-refractivity contribution >= 4 is 11.9 Å². The molecule has 0 radical (unpaired) electrons. The summed E-state index contributed by atoms with van der Waals surface area (Å²) in [5.41, 5.74) is 0.272. The zero-order valence-electron chi connectivity index (χ0n) is 13.9. The van der Waals surface area contributed by atoms with Crippen LogP contribution < -0.4 is 5.56 Å². The molecule has 0 N–H and O–H groups in total. The zero-order chi connectivity index (χ0) is 18.8. The summed E-state index contributed by atoms with van der Waals surface area (Å²) < 4.78 is 44.3. The Labute approximate surface area is 142 Å². The summed E-state index contributed by atoms with van der Waals surface area (Å²) in [5.74, 6) is -4.07. The van der Waals surface area contributed by atoms with E-state index in [-0.39, 0.29) is 25.1 Å². The van der Waals surface area contributed by atoms with Gasteiger partial charge in [0.15, 0.2) is 0 Å². The van der Waals surface area contributed by atoms with E-state index in [9.17, 15) is 27.6 Å². The molecule has 1 aromatic rings. The molecule has 1 aromatic heterocycles. The molecule has 1 fully saturated rings. The molecule has 1 aliphatic heterocycles. The van der Waals surface area contributed by atoms with E-state index in [2.05, 4.69) is 0 Å². The quantitative estimate of drug-likeness (QED) is 0.765. The minimum atomic E-state index is -4.99. The van der Waals surface area contributed by atoms with Crippen LogP contribution in [0.25, 0.3) is 0 Å². The lowest BCUT2D eigenvalue weighted by Crippen LogP contribution is -2.50.